The second kappa shape index (κ2) is 8.91. The van der Waals surface area contributed by atoms with E-state index in [1.807, 2.05) is 0 Å². The lowest BCUT2D eigenvalue weighted by atomic mass is 9.48. The van der Waals surface area contributed by atoms with Crippen LogP contribution in [-0.4, -0.2) is 33.6 Å². The van der Waals surface area contributed by atoms with Crippen LogP contribution in [0.25, 0.3) is 0 Å². The Kier molecular flexibility index (Phi) is 6.91. The summed E-state index contributed by atoms with van der Waals surface area (Å²) in [6.07, 6.45) is 11.0. The van der Waals surface area contributed by atoms with Crippen molar-refractivity contribution < 1.29 is 15.3 Å². The molecular weight excluding hydrogens is 384 g/mol. The zero-order chi connectivity index (χ0) is 22.6. The molecule has 3 N–H and O–H groups in total. The van der Waals surface area contributed by atoms with Crippen molar-refractivity contribution in [3.05, 3.63) is 0 Å². The lowest BCUT2D eigenvalue weighted by Crippen LogP contribution is -2.51. The van der Waals surface area contributed by atoms with Gasteiger partial charge in [-0.2, -0.15) is 0 Å². The van der Waals surface area contributed by atoms with E-state index in [2.05, 4.69) is 34.6 Å². The summed E-state index contributed by atoms with van der Waals surface area (Å²) in [5.41, 5.74) is 0.455. The van der Waals surface area contributed by atoms with Gasteiger partial charge in [-0.15, -0.1) is 0 Å². The number of fused-ring (bicyclic) bond motifs is 5. The molecule has 4 rings (SSSR count). The molecule has 4 saturated carbocycles. The first-order valence-electron chi connectivity index (χ1n) is 13.6. The van der Waals surface area contributed by atoms with Crippen LogP contribution in [0, 0.1) is 52.3 Å². The lowest BCUT2D eigenvalue weighted by Gasteiger charge is -2.56. The smallest absolute Gasteiger partial charge is 0.0833 e. The number of aliphatic hydroxyl groups is 3. The fraction of sp³-hybridized carbons (Fsp3) is 1.00. The van der Waals surface area contributed by atoms with Crippen LogP contribution in [0.2, 0.25) is 0 Å². The normalized spacial score (nSPS) is 51.0. The van der Waals surface area contributed by atoms with Crippen LogP contribution in [-0.2, 0) is 0 Å². The molecule has 0 bridgehead atoms. The highest BCUT2D eigenvalue weighted by atomic mass is 16.3. The van der Waals surface area contributed by atoms with E-state index >= 15 is 0 Å². The van der Waals surface area contributed by atoms with E-state index in [0.717, 1.165) is 37.0 Å². The van der Waals surface area contributed by atoms with E-state index in [4.69, 9.17) is 0 Å². The van der Waals surface area contributed by atoms with Crippen molar-refractivity contribution in [1.82, 2.24) is 0 Å². The van der Waals surface area contributed by atoms with Crippen LogP contribution in [0.15, 0.2) is 0 Å². The fourth-order valence-corrected chi connectivity index (χ4v) is 9.48. The molecule has 3 nitrogen and oxygen atoms in total. The SMILES string of the molecule is CC(C)CCCC(C)C1CCC2C3CC(O)C(O)C4CC(O)CCC4(C)C3CCC12C. The van der Waals surface area contributed by atoms with E-state index in [1.54, 1.807) is 0 Å². The predicted octanol–water partition coefficient (Wildman–Crippen LogP) is 5.80. The summed E-state index contributed by atoms with van der Waals surface area (Å²) in [6.45, 7) is 12.2. The quantitative estimate of drug-likeness (QED) is 0.512. The first kappa shape index (κ1) is 24.0. The van der Waals surface area contributed by atoms with E-state index in [9.17, 15) is 15.3 Å². The van der Waals surface area contributed by atoms with Gasteiger partial charge in [-0.25, -0.2) is 0 Å². The van der Waals surface area contributed by atoms with Gasteiger partial charge >= 0.3 is 0 Å². The highest BCUT2D eigenvalue weighted by Gasteiger charge is 2.61. The Morgan fingerprint density at radius 2 is 1.45 bits per heavy atom. The Labute approximate surface area is 191 Å². The van der Waals surface area contributed by atoms with Crippen molar-refractivity contribution in [2.24, 2.45) is 52.3 Å². The van der Waals surface area contributed by atoms with Gasteiger partial charge in [0.25, 0.3) is 0 Å². The first-order valence-corrected chi connectivity index (χ1v) is 13.6. The third-order valence-electron chi connectivity index (χ3n) is 11.2. The van der Waals surface area contributed by atoms with Crippen LogP contribution >= 0.6 is 0 Å². The third kappa shape index (κ3) is 4.14. The molecule has 4 aliphatic rings. The van der Waals surface area contributed by atoms with Gasteiger partial charge in [-0.05, 0) is 104 Å². The molecular formula is C28H50O3. The third-order valence-corrected chi connectivity index (χ3v) is 11.2. The Hall–Kier alpha value is -0.120. The molecule has 3 heteroatoms. The molecule has 0 aromatic carbocycles. The Morgan fingerprint density at radius 3 is 2.16 bits per heavy atom. The molecule has 0 heterocycles. The topological polar surface area (TPSA) is 60.7 Å². The van der Waals surface area contributed by atoms with Crippen molar-refractivity contribution in [2.75, 3.05) is 0 Å². The predicted molar refractivity (Wildman–Crippen MR) is 126 cm³/mol. The van der Waals surface area contributed by atoms with Crippen molar-refractivity contribution in [2.45, 2.75) is 124 Å². The summed E-state index contributed by atoms with van der Waals surface area (Å²) < 4.78 is 0. The van der Waals surface area contributed by atoms with Gasteiger partial charge in [0.2, 0.25) is 0 Å². The number of hydrogen-bond acceptors (Lipinski definition) is 3. The average Bonchev–Trinajstić information content (AvgIpc) is 3.03. The summed E-state index contributed by atoms with van der Waals surface area (Å²) in [7, 11) is 0. The molecule has 0 aliphatic heterocycles. The van der Waals surface area contributed by atoms with Gasteiger partial charge < -0.3 is 15.3 Å². The van der Waals surface area contributed by atoms with E-state index < -0.39 is 12.2 Å². The number of aliphatic hydroxyl groups excluding tert-OH is 3. The second-order valence-electron chi connectivity index (χ2n) is 13.2. The maximum Gasteiger partial charge on any atom is 0.0833 e. The van der Waals surface area contributed by atoms with E-state index in [-0.39, 0.29) is 17.4 Å². The molecule has 11 unspecified atom stereocenters. The van der Waals surface area contributed by atoms with Gasteiger partial charge in [-0.3, -0.25) is 0 Å². The maximum atomic E-state index is 11.1. The number of hydrogen-bond donors (Lipinski definition) is 3. The van der Waals surface area contributed by atoms with Crippen molar-refractivity contribution in [3.8, 4) is 0 Å². The molecule has 180 valence electrons. The minimum atomic E-state index is -0.677. The van der Waals surface area contributed by atoms with Crippen molar-refractivity contribution in [1.29, 1.82) is 0 Å². The van der Waals surface area contributed by atoms with Crippen LogP contribution in [0.5, 0.6) is 0 Å². The molecule has 0 spiro atoms. The molecule has 4 fully saturated rings. The van der Waals surface area contributed by atoms with Crippen LogP contribution < -0.4 is 0 Å². The molecule has 0 aromatic rings. The van der Waals surface area contributed by atoms with Crippen molar-refractivity contribution in [3.63, 3.8) is 0 Å². The fourth-order valence-electron chi connectivity index (χ4n) is 9.48. The van der Waals surface area contributed by atoms with E-state index in [0.29, 0.717) is 29.6 Å². The monoisotopic (exact) mass is 434 g/mol. The number of rotatable bonds is 5. The minimum Gasteiger partial charge on any atom is -0.393 e. The van der Waals surface area contributed by atoms with Gasteiger partial charge in [0.15, 0.2) is 0 Å². The lowest BCUT2D eigenvalue weighted by molar-refractivity contribution is -0.113. The first-order chi connectivity index (χ1) is 14.6. The van der Waals surface area contributed by atoms with Crippen LogP contribution in [0.3, 0.4) is 0 Å². The average molecular weight is 435 g/mol. The highest BCUT2D eigenvalue weighted by Crippen LogP contribution is 2.67. The van der Waals surface area contributed by atoms with Gasteiger partial charge in [0, 0.05) is 0 Å². The molecule has 11 atom stereocenters. The second-order valence-corrected chi connectivity index (χ2v) is 13.2. The Morgan fingerprint density at radius 1 is 0.774 bits per heavy atom. The standard InChI is InChI=1S/C28H50O3/c1-17(2)7-6-8-18(3)21-9-10-22-20-16-25(30)26(31)24-15-19(29)11-13-28(24,5)23(20)12-14-27(21,22)4/h17-26,29-31H,6-16H2,1-5H3. The summed E-state index contributed by atoms with van der Waals surface area (Å²) in [5.74, 6) is 4.25. The minimum absolute atomic E-state index is 0.0396. The summed E-state index contributed by atoms with van der Waals surface area (Å²) in [4.78, 5) is 0. The summed E-state index contributed by atoms with van der Waals surface area (Å²) >= 11 is 0. The van der Waals surface area contributed by atoms with Gasteiger partial charge in [0.1, 0.15) is 0 Å². The largest absolute Gasteiger partial charge is 0.393 e. The summed E-state index contributed by atoms with van der Waals surface area (Å²) in [6, 6.07) is 0. The van der Waals surface area contributed by atoms with Crippen molar-refractivity contribution >= 4 is 0 Å². The molecule has 4 aliphatic carbocycles. The zero-order valence-electron chi connectivity index (χ0n) is 20.9. The molecule has 0 radical (unpaired) electrons. The molecule has 0 saturated heterocycles. The highest BCUT2D eigenvalue weighted by molar-refractivity contribution is 5.11. The van der Waals surface area contributed by atoms with Gasteiger partial charge in [0.05, 0.1) is 18.3 Å². The molecule has 0 aromatic heterocycles. The van der Waals surface area contributed by atoms with E-state index in [1.165, 1.54) is 44.9 Å². The van der Waals surface area contributed by atoms with Gasteiger partial charge in [-0.1, -0.05) is 53.9 Å². The molecule has 0 amide bonds. The molecule has 31 heavy (non-hydrogen) atoms. The van der Waals surface area contributed by atoms with Crippen LogP contribution in [0.1, 0.15) is 105 Å². The Bertz CT molecular complexity index is 619. The summed E-state index contributed by atoms with van der Waals surface area (Å²) in [5, 5.41) is 32.5. The zero-order valence-corrected chi connectivity index (χ0v) is 20.9. The maximum absolute atomic E-state index is 11.1. The Balaban J connectivity index is 1.55. The van der Waals surface area contributed by atoms with Crippen LogP contribution in [0.4, 0.5) is 0 Å².